The van der Waals surface area contributed by atoms with Gasteiger partial charge in [-0.1, -0.05) is 12.0 Å². The molecule has 2 nitrogen and oxygen atoms in total. The summed E-state index contributed by atoms with van der Waals surface area (Å²) in [7, 11) is 0. The predicted octanol–water partition coefficient (Wildman–Crippen LogP) is 0.962. The van der Waals surface area contributed by atoms with Crippen LogP contribution in [-0.2, 0) is 0 Å². The first-order valence-corrected chi connectivity index (χ1v) is 3.72. The monoisotopic (exact) mass is 160 g/mol. The van der Waals surface area contributed by atoms with Crippen LogP contribution in [0.15, 0.2) is 24.3 Å². The first-order valence-electron chi connectivity index (χ1n) is 3.72. The van der Waals surface area contributed by atoms with E-state index in [4.69, 9.17) is 16.9 Å². The van der Waals surface area contributed by atoms with E-state index in [1.54, 1.807) is 12.1 Å². The summed E-state index contributed by atoms with van der Waals surface area (Å²) in [5.41, 5.74) is 5.98. The summed E-state index contributed by atoms with van der Waals surface area (Å²) in [6.07, 6.45) is 6.89. The van der Waals surface area contributed by atoms with Gasteiger partial charge in [0, 0.05) is 12.1 Å². The molecule has 0 fully saturated rings. The molecule has 0 heterocycles. The van der Waals surface area contributed by atoms with Crippen LogP contribution < -0.4 is 10.5 Å². The van der Waals surface area contributed by atoms with Crippen molar-refractivity contribution in [2.75, 3.05) is 13.2 Å². The second-order valence-corrected chi connectivity index (χ2v) is 2.29. The average molecular weight is 160 g/mol. The maximum atomic E-state index is 6.89. The normalized spacial score (nSPS) is 9.00. The summed E-state index contributed by atoms with van der Waals surface area (Å²) in [6.45, 7) is 1.000. The van der Waals surface area contributed by atoms with Crippen LogP contribution >= 0.6 is 0 Å². The Morgan fingerprint density at radius 1 is 1.50 bits per heavy atom. The Kier molecular flexibility index (Phi) is 3.18. The Balaban J connectivity index is 2.68. The van der Waals surface area contributed by atoms with Crippen LogP contribution in [0.2, 0.25) is 0 Å². The Hall–Kier alpha value is -1.46. The summed E-state index contributed by atoms with van der Waals surface area (Å²) in [5.74, 6) is 3.02. The third-order valence-electron chi connectivity index (χ3n) is 1.36. The maximum absolute atomic E-state index is 6.89. The van der Waals surface area contributed by atoms with Crippen LogP contribution in [0.1, 0.15) is 5.56 Å². The minimum absolute atomic E-state index is 0.499. The summed E-state index contributed by atoms with van der Waals surface area (Å²) in [4.78, 5) is 0. The van der Waals surface area contributed by atoms with Gasteiger partial charge in [0.2, 0.25) is 0 Å². The smallest absolute Gasteiger partial charge is 0.120 e. The second-order valence-electron chi connectivity index (χ2n) is 2.29. The van der Waals surface area contributed by atoms with E-state index in [1.165, 1.54) is 0 Å². The predicted molar refractivity (Wildman–Crippen MR) is 47.2 cm³/mol. The molecule has 0 atom stereocenters. The molecular formula is C10H10NO. The number of benzene rings is 1. The molecule has 1 aromatic rings. The molecule has 1 rings (SSSR count). The molecule has 0 unspecified atom stereocenters. The van der Waals surface area contributed by atoms with Crippen LogP contribution in [0.5, 0.6) is 5.75 Å². The summed E-state index contributed by atoms with van der Waals surface area (Å²) in [5, 5.41) is 0. The van der Waals surface area contributed by atoms with E-state index in [0.29, 0.717) is 18.7 Å². The molecule has 0 saturated heterocycles. The molecule has 61 valence electrons. The van der Waals surface area contributed by atoms with Gasteiger partial charge in [0.25, 0.3) is 0 Å². The van der Waals surface area contributed by atoms with E-state index in [0.717, 1.165) is 5.75 Å². The van der Waals surface area contributed by atoms with Crippen molar-refractivity contribution in [2.45, 2.75) is 0 Å². The molecule has 0 aliphatic heterocycles. The summed E-state index contributed by atoms with van der Waals surface area (Å²) in [6, 6.07) is 7.20. The minimum Gasteiger partial charge on any atom is -0.492 e. The van der Waals surface area contributed by atoms with Crippen molar-refractivity contribution < 1.29 is 4.74 Å². The van der Waals surface area contributed by atoms with Crippen molar-refractivity contribution >= 4 is 0 Å². The lowest BCUT2D eigenvalue weighted by molar-refractivity contribution is 0.328. The fourth-order valence-electron chi connectivity index (χ4n) is 0.840. The van der Waals surface area contributed by atoms with E-state index in [1.807, 2.05) is 12.1 Å². The molecule has 0 bridgehead atoms. The van der Waals surface area contributed by atoms with Crippen molar-refractivity contribution in [1.29, 1.82) is 0 Å². The highest BCUT2D eigenvalue weighted by molar-refractivity contribution is 5.37. The highest BCUT2D eigenvalue weighted by Crippen LogP contribution is 2.11. The van der Waals surface area contributed by atoms with Gasteiger partial charge in [0.1, 0.15) is 12.4 Å². The van der Waals surface area contributed by atoms with Gasteiger partial charge in [0.15, 0.2) is 0 Å². The first-order chi connectivity index (χ1) is 5.86. The van der Waals surface area contributed by atoms with Crippen LogP contribution in [-0.4, -0.2) is 13.2 Å². The molecule has 0 aliphatic carbocycles. The second kappa shape index (κ2) is 4.42. The fraction of sp³-hybridized carbons (Fsp3) is 0.200. The molecular weight excluding hydrogens is 150 g/mol. The van der Waals surface area contributed by atoms with Crippen molar-refractivity contribution in [3.8, 4) is 11.7 Å². The molecule has 1 aromatic carbocycles. The van der Waals surface area contributed by atoms with Gasteiger partial charge in [0.05, 0.1) is 0 Å². The van der Waals surface area contributed by atoms with Crippen molar-refractivity contribution in [3.63, 3.8) is 0 Å². The molecule has 0 spiro atoms. The average Bonchev–Trinajstić information content (AvgIpc) is 2.15. The minimum atomic E-state index is 0.499. The fourth-order valence-corrected chi connectivity index (χ4v) is 0.840. The summed E-state index contributed by atoms with van der Waals surface area (Å²) >= 11 is 0. The zero-order valence-electron chi connectivity index (χ0n) is 6.71. The molecule has 2 N–H and O–H groups in total. The summed E-state index contributed by atoms with van der Waals surface area (Å²) < 4.78 is 5.25. The van der Waals surface area contributed by atoms with Gasteiger partial charge < -0.3 is 10.5 Å². The van der Waals surface area contributed by atoms with Gasteiger partial charge >= 0.3 is 0 Å². The van der Waals surface area contributed by atoms with Crippen molar-refractivity contribution in [3.05, 3.63) is 36.3 Å². The van der Waals surface area contributed by atoms with Gasteiger partial charge in [-0.05, 0) is 24.6 Å². The molecule has 12 heavy (non-hydrogen) atoms. The van der Waals surface area contributed by atoms with Gasteiger partial charge in [-0.15, -0.1) is 0 Å². The highest BCUT2D eigenvalue weighted by Gasteiger charge is 1.92. The standard InChI is InChI=1S/C10H10NO/c1-2-9-4-3-5-10(8-9)12-7-6-11/h3-5,8H,6-7,11H2. The topological polar surface area (TPSA) is 35.2 Å². The molecule has 0 aliphatic rings. The van der Waals surface area contributed by atoms with E-state index >= 15 is 0 Å². The van der Waals surface area contributed by atoms with E-state index in [2.05, 4.69) is 5.92 Å². The zero-order chi connectivity index (χ0) is 8.81. The Bertz CT molecular complexity index is 288. The van der Waals surface area contributed by atoms with E-state index in [-0.39, 0.29) is 0 Å². The quantitative estimate of drug-likeness (QED) is 0.668. The number of ether oxygens (including phenoxy) is 1. The lowest BCUT2D eigenvalue weighted by Crippen LogP contribution is -2.10. The van der Waals surface area contributed by atoms with Crippen LogP contribution in [0.3, 0.4) is 0 Å². The number of nitrogens with two attached hydrogens (primary N) is 1. The van der Waals surface area contributed by atoms with Crippen molar-refractivity contribution in [1.82, 2.24) is 0 Å². The van der Waals surface area contributed by atoms with Crippen LogP contribution in [0, 0.1) is 12.3 Å². The third kappa shape index (κ3) is 2.30. The molecule has 1 radical (unpaired) electrons. The third-order valence-corrected chi connectivity index (χ3v) is 1.36. The van der Waals surface area contributed by atoms with E-state index < -0.39 is 0 Å². The zero-order valence-corrected chi connectivity index (χ0v) is 6.71. The molecule has 0 saturated carbocycles. The first kappa shape index (κ1) is 8.63. The molecule has 0 aromatic heterocycles. The molecule has 2 heteroatoms. The Morgan fingerprint density at radius 3 is 3.00 bits per heavy atom. The van der Waals surface area contributed by atoms with Crippen molar-refractivity contribution in [2.24, 2.45) is 5.73 Å². The number of rotatable bonds is 3. The lowest BCUT2D eigenvalue weighted by Gasteiger charge is -2.03. The Morgan fingerprint density at radius 2 is 2.33 bits per heavy atom. The SMILES string of the molecule is [C]#Cc1cccc(OCCN)c1. The van der Waals surface area contributed by atoms with Gasteiger partial charge in [-0.25, -0.2) is 0 Å². The van der Waals surface area contributed by atoms with Crippen LogP contribution in [0.4, 0.5) is 0 Å². The van der Waals surface area contributed by atoms with Gasteiger partial charge in [-0.3, -0.25) is 0 Å². The molecule has 0 amide bonds. The van der Waals surface area contributed by atoms with Crippen LogP contribution in [0.25, 0.3) is 0 Å². The van der Waals surface area contributed by atoms with Gasteiger partial charge in [-0.2, -0.15) is 0 Å². The highest BCUT2D eigenvalue weighted by atomic mass is 16.5. The number of hydrogen-bond donors (Lipinski definition) is 1. The van der Waals surface area contributed by atoms with E-state index in [9.17, 15) is 0 Å². The number of hydrogen-bond acceptors (Lipinski definition) is 2. The largest absolute Gasteiger partial charge is 0.492 e. The maximum Gasteiger partial charge on any atom is 0.120 e. The Labute approximate surface area is 72.3 Å². The lowest BCUT2D eigenvalue weighted by atomic mass is 10.2.